The summed E-state index contributed by atoms with van der Waals surface area (Å²) >= 11 is 0. The fraction of sp³-hybridized carbons (Fsp3) is 0.212. The molecule has 0 aliphatic carbocycles. The zero-order valence-electron chi connectivity index (χ0n) is 22.5. The Morgan fingerprint density at radius 1 is 0.564 bits per heavy atom. The van der Waals surface area contributed by atoms with Gasteiger partial charge in [-0.25, -0.2) is 0 Å². The Labute approximate surface area is 230 Å². The van der Waals surface area contributed by atoms with Crippen LogP contribution in [-0.4, -0.2) is 36.6 Å². The maximum atomic E-state index is 12.6. The Kier molecular flexibility index (Phi) is 9.35. The fourth-order valence-electron chi connectivity index (χ4n) is 4.04. The van der Waals surface area contributed by atoms with E-state index in [1.807, 2.05) is 116 Å². The second-order valence-electron chi connectivity index (χ2n) is 9.46. The van der Waals surface area contributed by atoms with E-state index >= 15 is 0 Å². The largest absolute Gasteiger partial charge is 0.481 e. The van der Waals surface area contributed by atoms with Gasteiger partial charge < -0.3 is 20.1 Å². The lowest BCUT2D eigenvalue weighted by molar-refractivity contribution is -0.129. The van der Waals surface area contributed by atoms with E-state index in [0.717, 1.165) is 22.3 Å². The summed E-state index contributed by atoms with van der Waals surface area (Å²) in [7, 11) is 0. The summed E-state index contributed by atoms with van der Waals surface area (Å²) in [5.74, 6) is 0.709. The first-order valence-corrected chi connectivity index (χ1v) is 13.1. The number of hydrogen-bond donors (Lipinski definition) is 2. The normalized spacial score (nSPS) is 13.0. The number of carbonyl (C=O) groups is 2. The second kappa shape index (κ2) is 13.3. The molecule has 0 aliphatic heterocycles. The molecule has 4 rings (SSSR count). The third-order valence-corrected chi connectivity index (χ3v) is 6.26. The van der Waals surface area contributed by atoms with Gasteiger partial charge in [0.1, 0.15) is 11.5 Å². The van der Waals surface area contributed by atoms with E-state index in [4.69, 9.17) is 9.47 Å². The van der Waals surface area contributed by atoms with Crippen LogP contribution in [-0.2, 0) is 9.59 Å². The molecule has 0 aromatic heterocycles. The van der Waals surface area contributed by atoms with Crippen LogP contribution < -0.4 is 20.1 Å². The highest BCUT2D eigenvalue weighted by atomic mass is 16.5. The average Bonchev–Trinajstić information content (AvgIpc) is 2.97. The fourth-order valence-corrected chi connectivity index (χ4v) is 4.04. The molecule has 0 fully saturated rings. The molecule has 0 bridgehead atoms. The molecule has 4 aromatic rings. The van der Waals surface area contributed by atoms with Crippen molar-refractivity contribution in [3.05, 3.63) is 109 Å². The molecular formula is C33H34N2O4. The summed E-state index contributed by atoms with van der Waals surface area (Å²) in [6.45, 7) is 5.49. The first-order chi connectivity index (χ1) is 18.9. The maximum Gasteiger partial charge on any atom is 0.261 e. The first-order valence-electron chi connectivity index (χ1n) is 13.1. The van der Waals surface area contributed by atoms with Crippen LogP contribution in [0.3, 0.4) is 0 Å². The van der Waals surface area contributed by atoms with Crippen LogP contribution in [0.1, 0.15) is 20.8 Å². The minimum Gasteiger partial charge on any atom is -0.481 e. The van der Waals surface area contributed by atoms with Gasteiger partial charge >= 0.3 is 0 Å². The highest BCUT2D eigenvalue weighted by Crippen LogP contribution is 2.24. The lowest BCUT2D eigenvalue weighted by Crippen LogP contribution is -2.48. The van der Waals surface area contributed by atoms with Crippen molar-refractivity contribution in [2.24, 2.45) is 0 Å². The summed E-state index contributed by atoms with van der Waals surface area (Å²) < 4.78 is 11.6. The van der Waals surface area contributed by atoms with E-state index in [0.29, 0.717) is 11.5 Å². The van der Waals surface area contributed by atoms with Crippen molar-refractivity contribution in [1.82, 2.24) is 10.6 Å². The molecule has 4 aromatic carbocycles. The average molecular weight is 523 g/mol. The lowest BCUT2D eigenvalue weighted by Gasteiger charge is -2.20. The van der Waals surface area contributed by atoms with Crippen molar-refractivity contribution in [2.45, 2.75) is 39.0 Å². The Hall–Kier alpha value is -4.58. The molecule has 39 heavy (non-hydrogen) atoms. The minimum atomic E-state index is -0.688. The topological polar surface area (TPSA) is 76.7 Å². The van der Waals surface area contributed by atoms with Crippen LogP contribution in [0.4, 0.5) is 0 Å². The zero-order chi connectivity index (χ0) is 27.6. The van der Waals surface area contributed by atoms with Gasteiger partial charge in [0, 0.05) is 12.6 Å². The summed E-state index contributed by atoms with van der Waals surface area (Å²) in [6, 6.07) is 35.1. The maximum absolute atomic E-state index is 12.6. The molecule has 0 spiro atoms. The predicted molar refractivity (Wildman–Crippen MR) is 155 cm³/mol. The molecule has 200 valence electrons. The summed E-state index contributed by atoms with van der Waals surface area (Å²) in [6.07, 6.45) is -1.37. The van der Waals surface area contributed by atoms with Crippen LogP contribution in [0.5, 0.6) is 11.5 Å². The van der Waals surface area contributed by atoms with Gasteiger partial charge in [-0.1, -0.05) is 84.9 Å². The van der Waals surface area contributed by atoms with Crippen LogP contribution in [0.15, 0.2) is 109 Å². The van der Waals surface area contributed by atoms with Crippen molar-refractivity contribution in [3.63, 3.8) is 0 Å². The molecular weight excluding hydrogens is 488 g/mol. The molecule has 2 amide bonds. The SMILES string of the molecule is C[C@H](CNC(=O)[C@@H](C)Oc1ccc(-c2ccccc2)cc1)NC(=O)[C@@H](C)Oc1ccc(-c2ccccc2)cc1. The lowest BCUT2D eigenvalue weighted by atomic mass is 10.1. The monoisotopic (exact) mass is 522 g/mol. The summed E-state index contributed by atoms with van der Waals surface area (Å²) in [4.78, 5) is 25.2. The van der Waals surface area contributed by atoms with Crippen LogP contribution in [0.2, 0.25) is 0 Å². The molecule has 0 heterocycles. The molecule has 2 N–H and O–H groups in total. The molecule has 6 nitrogen and oxygen atoms in total. The van der Waals surface area contributed by atoms with E-state index in [9.17, 15) is 9.59 Å². The first kappa shape index (κ1) is 27.5. The van der Waals surface area contributed by atoms with Gasteiger partial charge in [-0.05, 0) is 67.3 Å². The standard InChI is InChI=1S/C33H34N2O4/c1-23(35-33(37)25(3)39-31-20-16-29(17-21-31)27-12-8-5-9-13-27)22-34-32(36)24(2)38-30-18-14-28(15-19-30)26-10-6-4-7-11-26/h4-21,23-25H,22H2,1-3H3,(H,34,36)(H,35,37)/t23-,24-,25-/m1/s1. The molecule has 0 saturated heterocycles. The highest BCUT2D eigenvalue weighted by Gasteiger charge is 2.19. The number of rotatable bonds is 11. The summed E-state index contributed by atoms with van der Waals surface area (Å²) in [5, 5.41) is 5.72. The third-order valence-electron chi connectivity index (χ3n) is 6.26. The van der Waals surface area contributed by atoms with Crippen molar-refractivity contribution >= 4 is 11.8 Å². The Bertz CT molecular complexity index is 1340. The van der Waals surface area contributed by atoms with E-state index < -0.39 is 12.2 Å². The van der Waals surface area contributed by atoms with Crippen LogP contribution in [0.25, 0.3) is 22.3 Å². The van der Waals surface area contributed by atoms with Gasteiger partial charge in [-0.3, -0.25) is 9.59 Å². The van der Waals surface area contributed by atoms with Gasteiger partial charge in [-0.2, -0.15) is 0 Å². The summed E-state index contributed by atoms with van der Waals surface area (Å²) in [5.41, 5.74) is 4.39. The molecule has 6 heteroatoms. The Morgan fingerprint density at radius 3 is 1.38 bits per heavy atom. The smallest absolute Gasteiger partial charge is 0.261 e. The zero-order valence-corrected chi connectivity index (χ0v) is 22.5. The third kappa shape index (κ3) is 7.95. The number of nitrogens with one attached hydrogen (secondary N) is 2. The van der Waals surface area contributed by atoms with Gasteiger partial charge in [0.05, 0.1) is 0 Å². The van der Waals surface area contributed by atoms with Crippen LogP contribution in [0, 0.1) is 0 Å². The van der Waals surface area contributed by atoms with E-state index in [-0.39, 0.29) is 24.4 Å². The Balaban J connectivity index is 1.19. The number of amides is 2. The number of benzene rings is 4. The van der Waals surface area contributed by atoms with Gasteiger partial charge in [0.25, 0.3) is 11.8 Å². The predicted octanol–water partition coefficient (Wildman–Crippen LogP) is 5.88. The van der Waals surface area contributed by atoms with E-state index in [2.05, 4.69) is 10.6 Å². The van der Waals surface area contributed by atoms with Gasteiger partial charge in [0.15, 0.2) is 12.2 Å². The molecule has 0 radical (unpaired) electrons. The number of carbonyl (C=O) groups excluding carboxylic acids is 2. The molecule has 0 aliphatic rings. The van der Waals surface area contributed by atoms with Crippen molar-refractivity contribution in [2.75, 3.05) is 6.54 Å². The van der Waals surface area contributed by atoms with Gasteiger partial charge in [0.2, 0.25) is 0 Å². The molecule has 3 atom stereocenters. The van der Waals surface area contributed by atoms with E-state index in [1.54, 1.807) is 13.8 Å². The van der Waals surface area contributed by atoms with E-state index in [1.165, 1.54) is 0 Å². The van der Waals surface area contributed by atoms with Crippen molar-refractivity contribution in [1.29, 1.82) is 0 Å². The minimum absolute atomic E-state index is 0.258. The van der Waals surface area contributed by atoms with Crippen LogP contribution >= 0.6 is 0 Å². The quantitative estimate of drug-likeness (QED) is 0.258. The van der Waals surface area contributed by atoms with Crippen molar-refractivity contribution < 1.29 is 19.1 Å². The molecule has 0 saturated carbocycles. The molecule has 0 unspecified atom stereocenters. The number of hydrogen-bond acceptors (Lipinski definition) is 4. The van der Waals surface area contributed by atoms with Gasteiger partial charge in [-0.15, -0.1) is 0 Å². The highest BCUT2D eigenvalue weighted by molar-refractivity contribution is 5.82. The number of ether oxygens (including phenoxy) is 2. The van der Waals surface area contributed by atoms with Crippen molar-refractivity contribution in [3.8, 4) is 33.8 Å². The Morgan fingerprint density at radius 2 is 0.949 bits per heavy atom. The second-order valence-corrected chi connectivity index (χ2v) is 9.46.